The molecule has 0 atom stereocenters. The van der Waals surface area contributed by atoms with Crippen LogP contribution in [0.15, 0.2) is 88.4 Å². The van der Waals surface area contributed by atoms with Crippen LogP contribution in [0.25, 0.3) is 10.8 Å². The Morgan fingerprint density at radius 1 is 1.00 bits per heavy atom. The Balaban J connectivity index is 1.51. The maximum atomic E-state index is 12.7. The SMILES string of the molecule is CCOc1cc(/C=N\NC(=O)c2cccc3ccccc23)cc(Br)c1OC(=O)c1ccc(OC)cc1. The monoisotopic (exact) mass is 546 g/mol. The number of amides is 1. The number of esters is 1. The van der Waals surface area contributed by atoms with Crippen molar-refractivity contribution in [3.8, 4) is 17.2 Å². The highest BCUT2D eigenvalue weighted by molar-refractivity contribution is 9.10. The summed E-state index contributed by atoms with van der Waals surface area (Å²) in [4.78, 5) is 25.4. The molecule has 8 heteroatoms. The number of benzene rings is 4. The predicted octanol–water partition coefficient (Wildman–Crippen LogP) is 5.99. The second-order valence-electron chi connectivity index (χ2n) is 7.61. The highest BCUT2D eigenvalue weighted by atomic mass is 79.9. The van der Waals surface area contributed by atoms with Gasteiger partial charge in [0.2, 0.25) is 0 Å². The number of nitrogens with zero attached hydrogens (tertiary/aromatic N) is 1. The first kappa shape index (κ1) is 24.9. The smallest absolute Gasteiger partial charge is 0.343 e. The minimum Gasteiger partial charge on any atom is -0.497 e. The number of halogens is 1. The van der Waals surface area contributed by atoms with Crippen LogP contribution < -0.4 is 19.6 Å². The summed E-state index contributed by atoms with van der Waals surface area (Å²) in [6.45, 7) is 2.19. The van der Waals surface area contributed by atoms with Gasteiger partial charge in [-0.3, -0.25) is 4.79 Å². The third kappa shape index (κ3) is 5.72. The minimum atomic E-state index is -0.539. The topological polar surface area (TPSA) is 86.2 Å². The molecule has 0 saturated heterocycles. The first-order valence-corrected chi connectivity index (χ1v) is 11.9. The van der Waals surface area contributed by atoms with Crippen molar-refractivity contribution in [2.75, 3.05) is 13.7 Å². The number of ether oxygens (including phenoxy) is 3. The fourth-order valence-corrected chi connectivity index (χ4v) is 4.09. The van der Waals surface area contributed by atoms with Gasteiger partial charge in [-0.15, -0.1) is 0 Å². The van der Waals surface area contributed by atoms with E-state index in [1.54, 1.807) is 49.6 Å². The second kappa shape index (κ2) is 11.5. The van der Waals surface area contributed by atoms with Crippen LogP contribution in [0.4, 0.5) is 0 Å². The maximum Gasteiger partial charge on any atom is 0.343 e. The molecule has 0 aromatic heterocycles. The molecule has 0 unspecified atom stereocenters. The lowest BCUT2D eigenvalue weighted by atomic mass is 10.0. The van der Waals surface area contributed by atoms with Crippen LogP contribution in [0.5, 0.6) is 17.2 Å². The predicted molar refractivity (Wildman–Crippen MR) is 142 cm³/mol. The van der Waals surface area contributed by atoms with Gasteiger partial charge in [0.1, 0.15) is 5.75 Å². The van der Waals surface area contributed by atoms with E-state index < -0.39 is 5.97 Å². The Labute approximate surface area is 216 Å². The van der Waals surface area contributed by atoms with E-state index in [2.05, 4.69) is 26.5 Å². The summed E-state index contributed by atoms with van der Waals surface area (Å²) < 4.78 is 16.9. The lowest BCUT2D eigenvalue weighted by molar-refractivity contribution is 0.0726. The molecule has 0 saturated carbocycles. The van der Waals surface area contributed by atoms with Gasteiger partial charge in [0.05, 0.1) is 30.0 Å². The van der Waals surface area contributed by atoms with E-state index in [0.717, 1.165) is 10.8 Å². The lowest BCUT2D eigenvalue weighted by Gasteiger charge is -2.13. The highest BCUT2D eigenvalue weighted by Crippen LogP contribution is 2.37. The van der Waals surface area contributed by atoms with Crippen molar-refractivity contribution in [3.63, 3.8) is 0 Å². The second-order valence-corrected chi connectivity index (χ2v) is 8.46. The summed E-state index contributed by atoms with van der Waals surface area (Å²) in [5.41, 5.74) is 4.10. The summed E-state index contributed by atoms with van der Waals surface area (Å²) in [7, 11) is 1.55. The number of hydrogen-bond donors (Lipinski definition) is 1. The van der Waals surface area contributed by atoms with Gasteiger partial charge in [-0.25, -0.2) is 10.2 Å². The Bertz CT molecular complexity index is 1430. The van der Waals surface area contributed by atoms with E-state index in [1.807, 2.05) is 43.3 Å². The summed E-state index contributed by atoms with van der Waals surface area (Å²) in [5.74, 6) is 0.379. The van der Waals surface area contributed by atoms with Crippen LogP contribution in [0.1, 0.15) is 33.2 Å². The number of methoxy groups -OCH3 is 1. The molecule has 0 spiro atoms. The highest BCUT2D eigenvalue weighted by Gasteiger charge is 2.17. The van der Waals surface area contributed by atoms with E-state index >= 15 is 0 Å². The third-order valence-corrected chi connectivity index (χ3v) is 5.86. The zero-order valence-electron chi connectivity index (χ0n) is 19.7. The first-order valence-electron chi connectivity index (χ1n) is 11.1. The maximum absolute atomic E-state index is 12.7. The van der Waals surface area contributed by atoms with E-state index in [9.17, 15) is 9.59 Å². The van der Waals surface area contributed by atoms with Crippen molar-refractivity contribution >= 4 is 44.8 Å². The number of rotatable bonds is 8. The molecule has 182 valence electrons. The Kier molecular flexibility index (Phi) is 7.97. The van der Waals surface area contributed by atoms with E-state index in [-0.39, 0.29) is 11.7 Å². The summed E-state index contributed by atoms with van der Waals surface area (Å²) >= 11 is 3.45. The van der Waals surface area contributed by atoms with Crippen molar-refractivity contribution in [2.45, 2.75) is 6.92 Å². The molecule has 4 rings (SSSR count). The molecule has 0 aliphatic carbocycles. The van der Waals surface area contributed by atoms with Gasteiger partial charge < -0.3 is 14.2 Å². The zero-order valence-corrected chi connectivity index (χ0v) is 21.2. The van der Waals surface area contributed by atoms with Gasteiger partial charge in [-0.05, 0) is 81.7 Å². The summed E-state index contributed by atoms with van der Waals surface area (Å²) in [5, 5.41) is 5.92. The number of fused-ring (bicyclic) bond motifs is 1. The summed E-state index contributed by atoms with van der Waals surface area (Å²) in [6, 6.07) is 23.2. The minimum absolute atomic E-state index is 0.245. The van der Waals surface area contributed by atoms with E-state index in [0.29, 0.717) is 39.3 Å². The molecule has 0 heterocycles. The van der Waals surface area contributed by atoms with Crippen molar-refractivity contribution in [1.29, 1.82) is 0 Å². The molecular weight excluding hydrogens is 524 g/mol. The third-order valence-electron chi connectivity index (χ3n) is 5.27. The van der Waals surface area contributed by atoms with Crippen LogP contribution >= 0.6 is 15.9 Å². The van der Waals surface area contributed by atoms with Gasteiger partial charge >= 0.3 is 5.97 Å². The number of nitrogens with one attached hydrogen (secondary N) is 1. The summed E-state index contributed by atoms with van der Waals surface area (Å²) in [6.07, 6.45) is 1.49. The van der Waals surface area contributed by atoms with Crippen molar-refractivity contribution in [2.24, 2.45) is 5.10 Å². The van der Waals surface area contributed by atoms with Crippen molar-refractivity contribution in [3.05, 3.63) is 100 Å². The van der Waals surface area contributed by atoms with Crippen LogP contribution in [0.2, 0.25) is 0 Å². The van der Waals surface area contributed by atoms with Crippen molar-refractivity contribution in [1.82, 2.24) is 5.43 Å². The van der Waals surface area contributed by atoms with E-state index in [1.165, 1.54) is 6.21 Å². The van der Waals surface area contributed by atoms with E-state index in [4.69, 9.17) is 14.2 Å². The largest absolute Gasteiger partial charge is 0.497 e. The molecule has 0 radical (unpaired) electrons. The molecule has 0 fully saturated rings. The zero-order chi connectivity index (χ0) is 25.5. The van der Waals surface area contributed by atoms with Crippen molar-refractivity contribution < 1.29 is 23.8 Å². The molecule has 0 bridgehead atoms. The number of hydrogen-bond acceptors (Lipinski definition) is 6. The van der Waals surface area contributed by atoms with Gasteiger partial charge in [0.15, 0.2) is 11.5 Å². The van der Waals surface area contributed by atoms with Crippen LogP contribution in [-0.4, -0.2) is 31.8 Å². The Hall–Kier alpha value is -4.17. The Morgan fingerprint density at radius 2 is 1.75 bits per heavy atom. The lowest BCUT2D eigenvalue weighted by Crippen LogP contribution is -2.18. The number of carbonyl (C=O) groups is 2. The normalized spacial score (nSPS) is 10.9. The number of carbonyl (C=O) groups excluding carboxylic acids is 2. The molecule has 0 aliphatic rings. The molecule has 36 heavy (non-hydrogen) atoms. The average molecular weight is 547 g/mol. The molecule has 4 aromatic carbocycles. The van der Waals surface area contributed by atoms with Crippen LogP contribution in [0.3, 0.4) is 0 Å². The molecule has 4 aromatic rings. The fraction of sp³-hybridized carbons (Fsp3) is 0.107. The van der Waals surface area contributed by atoms with Crippen LogP contribution in [0, 0.1) is 0 Å². The molecular formula is C28H23BrN2O5. The molecule has 1 amide bonds. The van der Waals surface area contributed by atoms with Gasteiger partial charge in [-0.1, -0.05) is 36.4 Å². The fourth-order valence-electron chi connectivity index (χ4n) is 3.55. The van der Waals surface area contributed by atoms with Gasteiger partial charge in [-0.2, -0.15) is 5.10 Å². The number of hydrazone groups is 1. The van der Waals surface area contributed by atoms with Crippen LogP contribution in [-0.2, 0) is 0 Å². The quantitative estimate of drug-likeness (QED) is 0.127. The molecule has 1 N–H and O–H groups in total. The van der Waals surface area contributed by atoms with Gasteiger partial charge in [0.25, 0.3) is 5.91 Å². The van der Waals surface area contributed by atoms with Gasteiger partial charge in [0, 0.05) is 5.56 Å². The molecule has 0 aliphatic heterocycles. The average Bonchev–Trinajstić information content (AvgIpc) is 2.90. The standard InChI is InChI=1S/C28H23BrN2O5/c1-3-35-25-16-18(15-24(29)26(25)36-28(33)20-11-13-21(34-2)14-12-20)17-30-31-27(32)23-10-6-8-19-7-4-5-9-22(19)23/h4-17H,3H2,1-2H3,(H,31,32)/b30-17-. The molecule has 7 nitrogen and oxygen atoms in total. The Morgan fingerprint density at radius 3 is 2.50 bits per heavy atom. The first-order chi connectivity index (χ1) is 17.5.